The van der Waals surface area contributed by atoms with E-state index in [1.807, 2.05) is 18.2 Å². The van der Waals surface area contributed by atoms with Crippen LogP contribution in [0, 0.1) is 5.41 Å². The number of methoxy groups -OCH3 is 1. The first kappa shape index (κ1) is 17.0. The molecule has 0 bridgehead atoms. The van der Waals surface area contributed by atoms with Crippen LogP contribution in [-0.2, 0) is 10.2 Å². The van der Waals surface area contributed by atoms with E-state index in [4.69, 9.17) is 0 Å². The fourth-order valence-corrected chi connectivity index (χ4v) is 2.47. The van der Waals surface area contributed by atoms with Crippen LogP contribution in [0.1, 0.15) is 46.6 Å². The Morgan fingerprint density at radius 2 is 1.44 bits per heavy atom. The highest BCUT2D eigenvalue weighted by Crippen LogP contribution is 2.39. The van der Waals surface area contributed by atoms with Crippen LogP contribution in [0.2, 0.25) is 0 Å². The minimum atomic E-state index is 0.0175. The van der Waals surface area contributed by atoms with Crippen molar-refractivity contribution in [2.24, 2.45) is 5.41 Å². The van der Waals surface area contributed by atoms with Gasteiger partial charge in [-0.25, -0.2) is 0 Å². The quantitative estimate of drug-likeness (QED) is 0.847. The first-order valence-electron chi connectivity index (χ1n) is 6.32. The van der Waals surface area contributed by atoms with E-state index in [1.165, 1.54) is 0 Å². The van der Waals surface area contributed by atoms with Gasteiger partial charge in [0.05, 0.1) is 0 Å². The number of ether oxygens (including phenoxy) is 1. The Kier molecular flexibility index (Phi) is 6.41. The van der Waals surface area contributed by atoms with Crippen LogP contribution in [0.5, 0.6) is 5.75 Å². The number of aromatic hydroxyl groups is 1. The lowest BCUT2D eigenvalue weighted by Crippen LogP contribution is -2.24. The zero-order chi connectivity index (χ0) is 14.4. The summed E-state index contributed by atoms with van der Waals surface area (Å²) in [6.45, 7) is 11.1. The van der Waals surface area contributed by atoms with Gasteiger partial charge in [0.2, 0.25) is 0 Å². The normalized spacial score (nSPS) is 11.7. The molecular formula is C16H28O2. The van der Waals surface area contributed by atoms with Crippen molar-refractivity contribution >= 4 is 0 Å². The highest BCUT2D eigenvalue weighted by molar-refractivity contribution is 5.37. The molecule has 0 fully saturated rings. The lowest BCUT2D eigenvalue weighted by Gasteiger charge is -2.33. The number of benzene rings is 1. The van der Waals surface area contributed by atoms with E-state index in [0.717, 1.165) is 12.0 Å². The second-order valence-corrected chi connectivity index (χ2v) is 6.55. The maximum absolute atomic E-state index is 9.84. The van der Waals surface area contributed by atoms with Crippen molar-refractivity contribution in [3.8, 4) is 5.75 Å². The molecule has 1 N–H and O–H groups in total. The molecule has 0 saturated heterocycles. The lowest BCUT2D eigenvalue weighted by molar-refractivity contribution is 0.277. The summed E-state index contributed by atoms with van der Waals surface area (Å²) < 4.78 is 4.25. The van der Waals surface area contributed by atoms with Crippen LogP contribution in [0.4, 0.5) is 0 Å². The Bertz CT molecular complexity index is 348. The summed E-state index contributed by atoms with van der Waals surface area (Å²) >= 11 is 0. The van der Waals surface area contributed by atoms with Crippen LogP contribution < -0.4 is 0 Å². The summed E-state index contributed by atoms with van der Waals surface area (Å²) in [6, 6.07) is 7.63. The number of phenolic OH excluding ortho intramolecular Hbond substituents is 1. The Hall–Kier alpha value is -1.02. The van der Waals surface area contributed by atoms with Gasteiger partial charge in [0.25, 0.3) is 0 Å². The maximum Gasteiger partial charge on any atom is 0.119 e. The van der Waals surface area contributed by atoms with Crippen molar-refractivity contribution in [3.63, 3.8) is 0 Å². The number of hydrogen-bond donors (Lipinski definition) is 1. The summed E-state index contributed by atoms with van der Waals surface area (Å²) in [5.74, 6) is 0.409. The molecule has 104 valence electrons. The van der Waals surface area contributed by atoms with E-state index >= 15 is 0 Å². The highest BCUT2D eigenvalue weighted by atomic mass is 16.4. The molecule has 0 spiro atoms. The van der Waals surface area contributed by atoms with Crippen molar-refractivity contribution in [3.05, 3.63) is 29.8 Å². The monoisotopic (exact) mass is 252 g/mol. The molecule has 1 aromatic carbocycles. The van der Waals surface area contributed by atoms with Crippen LogP contribution >= 0.6 is 0 Å². The molecule has 0 unspecified atom stereocenters. The fourth-order valence-electron chi connectivity index (χ4n) is 2.47. The van der Waals surface area contributed by atoms with Gasteiger partial charge in [-0.15, -0.1) is 0 Å². The molecule has 2 nitrogen and oxygen atoms in total. The Balaban J connectivity index is 0.000000873. The third-order valence-electron chi connectivity index (χ3n) is 2.61. The van der Waals surface area contributed by atoms with E-state index in [-0.39, 0.29) is 10.8 Å². The van der Waals surface area contributed by atoms with Gasteiger partial charge in [-0.05, 0) is 28.9 Å². The second-order valence-electron chi connectivity index (χ2n) is 6.55. The molecule has 0 aromatic heterocycles. The average molecular weight is 252 g/mol. The summed E-state index contributed by atoms with van der Waals surface area (Å²) in [7, 11) is 3.25. The predicted octanol–water partition coefficient (Wildman–Crippen LogP) is 4.37. The first-order chi connectivity index (χ1) is 8.14. The van der Waals surface area contributed by atoms with Gasteiger partial charge in [-0.3, -0.25) is 0 Å². The van der Waals surface area contributed by atoms with Crippen molar-refractivity contribution in [2.45, 2.75) is 46.5 Å². The van der Waals surface area contributed by atoms with Crippen LogP contribution in [-0.4, -0.2) is 19.3 Å². The smallest absolute Gasteiger partial charge is 0.119 e. The Labute approximate surface area is 112 Å². The molecule has 0 saturated carbocycles. The van der Waals surface area contributed by atoms with E-state index in [9.17, 15) is 5.11 Å². The molecule has 0 aliphatic heterocycles. The third-order valence-corrected chi connectivity index (χ3v) is 2.61. The molecular weight excluding hydrogens is 224 g/mol. The van der Waals surface area contributed by atoms with Gasteiger partial charge in [-0.2, -0.15) is 0 Å². The molecule has 0 radical (unpaired) electrons. The molecule has 0 atom stereocenters. The summed E-state index contributed by atoms with van der Waals surface area (Å²) in [4.78, 5) is 0. The first-order valence-corrected chi connectivity index (χ1v) is 6.32. The summed E-state index contributed by atoms with van der Waals surface area (Å²) in [6.07, 6.45) is 1.05. The van der Waals surface area contributed by atoms with E-state index < -0.39 is 0 Å². The predicted molar refractivity (Wildman–Crippen MR) is 78.1 cm³/mol. The number of phenols is 1. The molecule has 1 aromatic rings. The topological polar surface area (TPSA) is 29.5 Å². The van der Waals surface area contributed by atoms with E-state index in [0.29, 0.717) is 5.75 Å². The summed E-state index contributed by atoms with van der Waals surface area (Å²) in [5.41, 5.74) is 1.33. The van der Waals surface area contributed by atoms with Crippen molar-refractivity contribution in [1.29, 1.82) is 0 Å². The average Bonchev–Trinajstić information content (AvgIpc) is 2.15. The van der Waals surface area contributed by atoms with Gasteiger partial charge in [0.1, 0.15) is 5.75 Å². The van der Waals surface area contributed by atoms with E-state index in [1.54, 1.807) is 20.3 Å². The fraction of sp³-hybridized carbons (Fsp3) is 0.625. The number of hydrogen-bond acceptors (Lipinski definition) is 2. The number of para-hydroxylation sites is 1. The van der Waals surface area contributed by atoms with Crippen molar-refractivity contribution in [2.75, 3.05) is 14.2 Å². The van der Waals surface area contributed by atoms with Gasteiger partial charge in [-0.1, -0.05) is 52.8 Å². The summed E-state index contributed by atoms with van der Waals surface area (Å²) in [5, 5.41) is 9.84. The minimum Gasteiger partial charge on any atom is -0.508 e. The molecule has 0 aliphatic rings. The van der Waals surface area contributed by atoms with Crippen LogP contribution in [0.15, 0.2) is 24.3 Å². The van der Waals surface area contributed by atoms with Crippen LogP contribution in [0.25, 0.3) is 0 Å². The van der Waals surface area contributed by atoms with Crippen LogP contribution in [0.3, 0.4) is 0 Å². The van der Waals surface area contributed by atoms with Gasteiger partial charge >= 0.3 is 0 Å². The molecule has 1 rings (SSSR count). The van der Waals surface area contributed by atoms with Gasteiger partial charge in [0, 0.05) is 14.2 Å². The van der Waals surface area contributed by atoms with Gasteiger partial charge < -0.3 is 9.84 Å². The van der Waals surface area contributed by atoms with Crippen molar-refractivity contribution in [1.82, 2.24) is 0 Å². The zero-order valence-electron chi connectivity index (χ0n) is 12.9. The molecule has 0 aliphatic carbocycles. The third kappa shape index (κ3) is 6.06. The number of rotatable bonds is 2. The molecule has 2 heteroatoms. The highest BCUT2D eigenvalue weighted by Gasteiger charge is 2.28. The standard InChI is InChI=1S/C14H22O.C2H6O/c1-13(2,3)10-14(4,5)11-8-6-7-9-12(11)15;1-3-2/h6-9,15H,10H2,1-5H3;1-2H3. The lowest BCUT2D eigenvalue weighted by atomic mass is 9.72. The Morgan fingerprint density at radius 1 is 1.00 bits per heavy atom. The second kappa shape index (κ2) is 6.79. The minimum absolute atomic E-state index is 0.0175. The maximum atomic E-state index is 9.84. The molecule has 0 amide bonds. The van der Waals surface area contributed by atoms with E-state index in [2.05, 4.69) is 39.4 Å². The zero-order valence-corrected chi connectivity index (χ0v) is 12.9. The molecule has 18 heavy (non-hydrogen) atoms. The molecule has 0 heterocycles. The Morgan fingerprint density at radius 3 is 1.83 bits per heavy atom. The SMILES string of the molecule is CC(C)(C)CC(C)(C)c1ccccc1O.COC. The van der Waals surface area contributed by atoms with Crippen molar-refractivity contribution < 1.29 is 9.84 Å². The van der Waals surface area contributed by atoms with Gasteiger partial charge in [0.15, 0.2) is 0 Å². The largest absolute Gasteiger partial charge is 0.508 e.